The van der Waals surface area contributed by atoms with Gasteiger partial charge in [0.25, 0.3) is 5.91 Å². The molecule has 1 amide bonds. The van der Waals surface area contributed by atoms with E-state index in [9.17, 15) is 9.18 Å². The van der Waals surface area contributed by atoms with Gasteiger partial charge in [-0.3, -0.25) is 4.79 Å². The molecule has 0 spiro atoms. The number of hydrogen-bond donors (Lipinski definition) is 1. The van der Waals surface area contributed by atoms with Gasteiger partial charge < -0.3 is 14.5 Å². The van der Waals surface area contributed by atoms with Gasteiger partial charge in [-0.1, -0.05) is 38.1 Å². The molecule has 0 fully saturated rings. The lowest BCUT2D eigenvalue weighted by Gasteiger charge is -2.17. The van der Waals surface area contributed by atoms with Gasteiger partial charge in [-0.2, -0.15) is 0 Å². The number of halogens is 1. The number of carbonyl (C=O) groups excluding carboxylic acids is 1. The first-order valence-corrected chi connectivity index (χ1v) is 9.49. The van der Waals surface area contributed by atoms with Crippen molar-refractivity contribution < 1.29 is 18.3 Å². The molecule has 0 unspecified atom stereocenters. The van der Waals surface area contributed by atoms with Gasteiger partial charge in [-0.05, 0) is 59.9 Å². The van der Waals surface area contributed by atoms with E-state index < -0.39 is 0 Å². The SMILES string of the molecule is C=CCc1cccc(C(C)C)c1NC(=O)c1ccc(COc2ccc(F)cc2)o1. The minimum atomic E-state index is -0.327. The van der Waals surface area contributed by atoms with Gasteiger partial charge in [-0.15, -0.1) is 6.58 Å². The van der Waals surface area contributed by atoms with Crippen LogP contribution in [0.5, 0.6) is 5.75 Å². The quantitative estimate of drug-likeness (QED) is 0.470. The van der Waals surface area contributed by atoms with Gasteiger partial charge in [-0.25, -0.2) is 4.39 Å². The van der Waals surface area contributed by atoms with Crippen LogP contribution in [-0.4, -0.2) is 5.91 Å². The fourth-order valence-electron chi connectivity index (χ4n) is 3.02. The Labute approximate surface area is 170 Å². The van der Waals surface area contributed by atoms with Gasteiger partial charge in [0, 0.05) is 5.69 Å². The molecule has 3 rings (SSSR count). The molecule has 0 atom stereocenters. The van der Waals surface area contributed by atoms with Gasteiger partial charge in [0.05, 0.1) is 0 Å². The fourth-order valence-corrected chi connectivity index (χ4v) is 3.02. The Kier molecular flexibility index (Phi) is 6.50. The van der Waals surface area contributed by atoms with E-state index in [-0.39, 0.29) is 30.0 Å². The highest BCUT2D eigenvalue weighted by molar-refractivity contribution is 6.03. The number of rotatable bonds is 8. The number of furan rings is 1. The Bertz CT molecular complexity index is 990. The number of para-hydroxylation sites is 1. The van der Waals surface area contributed by atoms with E-state index in [4.69, 9.17) is 9.15 Å². The molecule has 0 saturated heterocycles. The Morgan fingerprint density at radius 2 is 1.93 bits per heavy atom. The van der Waals surface area contributed by atoms with Gasteiger partial charge in [0.15, 0.2) is 5.76 Å². The molecule has 1 heterocycles. The Hall–Kier alpha value is -3.34. The number of anilines is 1. The van der Waals surface area contributed by atoms with Crippen molar-refractivity contribution >= 4 is 11.6 Å². The Morgan fingerprint density at radius 3 is 2.62 bits per heavy atom. The molecular formula is C24H24FNO3. The van der Waals surface area contributed by atoms with Gasteiger partial charge in [0.2, 0.25) is 0 Å². The van der Waals surface area contributed by atoms with Crippen LogP contribution in [0.3, 0.4) is 0 Å². The number of hydrogen-bond acceptors (Lipinski definition) is 3. The van der Waals surface area contributed by atoms with E-state index >= 15 is 0 Å². The maximum Gasteiger partial charge on any atom is 0.291 e. The van der Waals surface area contributed by atoms with Crippen LogP contribution in [0.15, 0.2) is 71.7 Å². The third-order valence-electron chi connectivity index (χ3n) is 4.49. The average molecular weight is 393 g/mol. The molecule has 0 aliphatic carbocycles. The predicted octanol–water partition coefficient (Wildman–Crippen LogP) is 6.10. The molecule has 0 aliphatic rings. The molecule has 2 aromatic carbocycles. The molecule has 4 nitrogen and oxygen atoms in total. The smallest absolute Gasteiger partial charge is 0.291 e. The summed E-state index contributed by atoms with van der Waals surface area (Å²) < 4.78 is 24.1. The second kappa shape index (κ2) is 9.24. The van der Waals surface area contributed by atoms with Crippen molar-refractivity contribution in [2.75, 3.05) is 5.32 Å². The van der Waals surface area contributed by atoms with Crippen molar-refractivity contribution in [3.05, 3.63) is 95.7 Å². The zero-order valence-corrected chi connectivity index (χ0v) is 16.6. The van der Waals surface area contributed by atoms with Crippen LogP contribution in [0.1, 0.15) is 47.2 Å². The third-order valence-corrected chi connectivity index (χ3v) is 4.49. The summed E-state index contributed by atoms with van der Waals surface area (Å²) in [4.78, 5) is 12.8. The van der Waals surface area contributed by atoms with Crippen LogP contribution < -0.4 is 10.1 Å². The molecule has 5 heteroatoms. The molecule has 0 radical (unpaired) electrons. The zero-order chi connectivity index (χ0) is 20.8. The monoisotopic (exact) mass is 393 g/mol. The fraction of sp³-hybridized carbons (Fsp3) is 0.208. The number of allylic oxidation sites excluding steroid dienone is 1. The predicted molar refractivity (Wildman–Crippen MR) is 112 cm³/mol. The molecule has 1 N–H and O–H groups in total. The highest BCUT2D eigenvalue weighted by Crippen LogP contribution is 2.29. The van der Waals surface area contributed by atoms with E-state index in [0.29, 0.717) is 17.9 Å². The van der Waals surface area contributed by atoms with Crippen molar-refractivity contribution in [2.45, 2.75) is 32.8 Å². The minimum absolute atomic E-state index is 0.142. The highest BCUT2D eigenvalue weighted by atomic mass is 19.1. The van der Waals surface area contributed by atoms with Gasteiger partial charge in [0.1, 0.15) is 23.9 Å². The minimum Gasteiger partial charge on any atom is -0.486 e. The average Bonchev–Trinajstić information content (AvgIpc) is 3.18. The second-order valence-corrected chi connectivity index (χ2v) is 6.99. The standard InChI is InChI=1S/C24H24FNO3/c1-4-6-17-7-5-8-21(16(2)3)23(17)26-24(27)22-14-13-20(29-22)15-28-19-11-9-18(25)10-12-19/h4-5,7-14,16H,1,6,15H2,2-3H3,(H,26,27). The van der Waals surface area contributed by atoms with Crippen molar-refractivity contribution in [1.29, 1.82) is 0 Å². The number of nitrogens with one attached hydrogen (secondary N) is 1. The zero-order valence-electron chi connectivity index (χ0n) is 16.6. The van der Waals surface area contributed by atoms with Crippen LogP contribution >= 0.6 is 0 Å². The van der Waals surface area contributed by atoms with Crippen LogP contribution in [0.25, 0.3) is 0 Å². The van der Waals surface area contributed by atoms with Gasteiger partial charge >= 0.3 is 0 Å². The summed E-state index contributed by atoms with van der Waals surface area (Å²) in [6, 6.07) is 15.0. The molecule has 150 valence electrons. The van der Waals surface area contributed by atoms with Crippen molar-refractivity contribution in [3.63, 3.8) is 0 Å². The molecule has 3 aromatic rings. The first-order chi connectivity index (χ1) is 14.0. The summed E-state index contributed by atoms with van der Waals surface area (Å²) in [5.41, 5.74) is 2.86. The molecule has 0 saturated carbocycles. The number of ether oxygens (including phenoxy) is 1. The Balaban J connectivity index is 1.72. The first kappa shape index (κ1) is 20.4. The summed E-state index contributed by atoms with van der Waals surface area (Å²) in [5, 5.41) is 2.99. The van der Waals surface area contributed by atoms with E-state index in [1.807, 2.05) is 24.3 Å². The lowest BCUT2D eigenvalue weighted by atomic mass is 9.96. The summed E-state index contributed by atoms with van der Waals surface area (Å²) in [7, 11) is 0. The lowest BCUT2D eigenvalue weighted by Crippen LogP contribution is -2.14. The summed E-state index contributed by atoms with van der Waals surface area (Å²) in [5.74, 6) is 0.831. The summed E-state index contributed by atoms with van der Waals surface area (Å²) >= 11 is 0. The van der Waals surface area contributed by atoms with E-state index in [0.717, 1.165) is 16.8 Å². The van der Waals surface area contributed by atoms with Crippen molar-refractivity contribution in [1.82, 2.24) is 0 Å². The molecular weight excluding hydrogens is 369 g/mol. The molecule has 0 bridgehead atoms. The van der Waals surface area contributed by atoms with Crippen LogP contribution in [0, 0.1) is 5.82 Å². The maximum absolute atomic E-state index is 13.0. The van der Waals surface area contributed by atoms with E-state index in [2.05, 4.69) is 25.7 Å². The molecule has 0 aliphatic heterocycles. The third kappa shape index (κ3) is 5.13. The largest absolute Gasteiger partial charge is 0.486 e. The normalized spacial score (nSPS) is 10.8. The molecule has 29 heavy (non-hydrogen) atoms. The van der Waals surface area contributed by atoms with Crippen LogP contribution in [-0.2, 0) is 13.0 Å². The first-order valence-electron chi connectivity index (χ1n) is 9.49. The number of benzene rings is 2. The van der Waals surface area contributed by atoms with E-state index in [1.165, 1.54) is 24.3 Å². The lowest BCUT2D eigenvalue weighted by molar-refractivity contribution is 0.0992. The van der Waals surface area contributed by atoms with Crippen molar-refractivity contribution in [2.24, 2.45) is 0 Å². The molecule has 1 aromatic heterocycles. The summed E-state index contributed by atoms with van der Waals surface area (Å²) in [6.45, 7) is 8.11. The van der Waals surface area contributed by atoms with E-state index in [1.54, 1.807) is 12.1 Å². The number of amides is 1. The Morgan fingerprint density at radius 1 is 1.17 bits per heavy atom. The maximum atomic E-state index is 13.0. The highest BCUT2D eigenvalue weighted by Gasteiger charge is 2.17. The second-order valence-electron chi connectivity index (χ2n) is 6.99. The van der Waals surface area contributed by atoms with Crippen LogP contribution in [0.2, 0.25) is 0 Å². The van der Waals surface area contributed by atoms with Crippen molar-refractivity contribution in [3.8, 4) is 5.75 Å². The van der Waals surface area contributed by atoms with Crippen LogP contribution in [0.4, 0.5) is 10.1 Å². The number of carbonyl (C=O) groups is 1. The topological polar surface area (TPSA) is 51.5 Å². The summed E-state index contributed by atoms with van der Waals surface area (Å²) in [6.07, 6.45) is 2.47.